The van der Waals surface area contributed by atoms with Gasteiger partial charge in [-0.3, -0.25) is 19.5 Å². The van der Waals surface area contributed by atoms with Crippen LogP contribution in [0.15, 0.2) is 53.5 Å². The highest BCUT2D eigenvalue weighted by molar-refractivity contribution is 9.10. The lowest BCUT2D eigenvalue weighted by atomic mass is 10.0. The Morgan fingerprint density at radius 2 is 1.92 bits per heavy atom. The number of imidazole rings is 1. The molecule has 0 aliphatic carbocycles. The van der Waals surface area contributed by atoms with E-state index in [1.165, 1.54) is 0 Å². The largest absolute Gasteiger partial charge is 0.483 e. The molecule has 38 heavy (non-hydrogen) atoms. The number of amides is 1. The normalized spacial score (nSPS) is 12.0. The number of halogens is 1. The van der Waals surface area contributed by atoms with E-state index in [4.69, 9.17) is 9.90 Å². The number of anilines is 1. The minimum Gasteiger partial charge on any atom is -0.483 e. The first kappa shape index (κ1) is 31.1. The summed E-state index contributed by atoms with van der Waals surface area (Å²) in [5, 5.41) is 13.7. The molecular weight excluding hydrogens is 548 g/mol. The zero-order valence-corrected chi connectivity index (χ0v) is 24.6. The molecule has 2 aromatic heterocycles. The molecular formula is C28H39BrN6O3. The molecule has 1 aromatic carbocycles. The topological polar surface area (TPSA) is 112 Å². The Balaban J connectivity index is 0.00000161. The summed E-state index contributed by atoms with van der Waals surface area (Å²) < 4.78 is 2.80. The number of carbonyl (C=O) groups is 2. The zero-order valence-electron chi connectivity index (χ0n) is 23.0. The first-order valence-electron chi connectivity index (χ1n) is 12.6. The maximum atomic E-state index is 12.9. The molecule has 0 saturated heterocycles. The number of likely N-dealkylation sites (N-methyl/N-ethyl adjacent to an activating group) is 1. The lowest BCUT2D eigenvalue weighted by molar-refractivity contribution is -0.122. The van der Waals surface area contributed by atoms with Gasteiger partial charge < -0.3 is 20.3 Å². The van der Waals surface area contributed by atoms with E-state index in [2.05, 4.69) is 82.1 Å². The quantitative estimate of drug-likeness (QED) is 0.277. The van der Waals surface area contributed by atoms with Gasteiger partial charge in [-0.25, -0.2) is 4.98 Å². The Morgan fingerprint density at radius 1 is 1.21 bits per heavy atom. The van der Waals surface area contributed by atoms with Crippen LogP contribution < -0.4 is 10.6 Å². The number of nitrogens with zero attached hydrogens (tertiary/aromatic N) is 4. The third-order valence-electron chi connectivity index (χ3n) is 5.66. The van der Waals surface area contributed by atoms with E-state index >= 15 is 0 Å². The van der Waals surface area contributed by atoms with Gasteiger partial charge in [-0.15, -0.1) is 0 Å². The molecule has 10 heteroatoms. The molecule has 3 rings (SSSR count). The molecule has 1 atom stereocenters. The number of rotatable bonds is 10. The van der Waals surface area contributed by atoms with Crippen molar-refractivity contribution in [3.05, 3.63) is 70.5 Å². The van der Waals surface area contributed by atoms with E-state index in [1.807, 2.05) is 29.8 Å². The predicted molar refractivity (Wildman–Crippen MR) is 155 cm³/mol. The molecule has 0 radical (unpaired) electrons. The van der Waals surface area contributed by atoms with E-state index in [-0.39, 0.29) is 17.9 Å². The van der Waals surface area contributed by atoms with Crippen molar-refractivity contribution < 1.29 is 14.7 Å². The number of aromatic nitrogens is 3. The van der Waals surface area contributed by atoms with Crippen LogP contribution in [-0.2, 0) is 11.3 Å². The van der Waals surface area contributed by atoms with Gasteiger partial charge >= 0.3 is 0 Å². The predicted octanol–water partition coefficient (Wildman–Crippen LogP) is 5.28. The van der Waals surface area contributed by atoms with Crippen molar-refractivity contribution >= 4 is 34.0 Å². The van der Waals surface area contributed by atoms with Crippen LogP contribution in [-0.4, -0.2) is 61.6 Å². The van der Waals surface area contributed by atoms with Gasteiger partial charge in [-0.1, -0.05) is 29.8 Å². The van der Waals surface area contributed by atoms with Crippen LogP contribution in [0.2, 0.25) is 0 Å². The number of pyridine rings is 1. The average molecular weight is 588 g/mol. The number of aryl methyl sites for hydroxylation is 1. The standard InChI is InChI=1S/C27H37BrN6O.CH2O2/c1-7-22(32-27(4,5)6)17-33(8-2)16-20-11-23(14-24(12-20)34-15-19(3)30-18-34)31-26(35)25-13-21(28)9-10-29-25;2-1-3/h9-15,18,22,32H,7-8,16-17H2,1-6H3,(H,31,35);1H,(H,2,3). The summed E-state index contributed by atoms with van der Waals surface area (Å²) in [4.78, 5) is 32.3. The smallest absolute Gasteiger partial charge is 0.290 e. The molecule has 9 nitrogen and oxygen atoms in total. The van der Waals surface area contributed by atoms with E-state index in [0.717, 1.165) is 53.2 Å². The Morgan fingerprint density at radius 3 is 2.47 bits per heavy atom. The second-order valence-electron chi connectivity index (χ2n) is 10.1. The molecule has 1 amide bonds. The van der Waals surface area contributed by atoms with Crippen LogP contribution >= 0.6 is 15.9 Å². The SMILES string of the molecule is CCC(CN(CC)Cc1cc(NC(=O)c2cc(Br)ccn2)cc(-n2cnc(C)c2)c1)NC(C)(C)C.O=CO. The fourth-order valence-corrected chi connectivity index (χ4v) is 4.37. The summed E-state index contributed by atoms with van der Waals surface area (Å²) in [6.07, 6.45) is 6.46. The summed E-state index contributed by atoms with van der Waals surface area (Å²) in [6, 6.07) is 10.1. The molecule has 3 N–H and O–H groups in total. The maximum absolute atomic E-state index is 12.9. The third-order valence-corrected chi connectivity index (χ3v) is 6.16. The van der Waals surface area contributed by atoms with Gasteiger partial charge in [0.15, 0.2) is 0 Å². The molecule has 0 aliphatic rings. The molecule has 206 valence electrons. The summed E-state index contributed by atoms with van der Waals surface area (Å²) in [5.41, 5.74) is 4.17. The summed E-state index contributed by atoms with van der Waals surface area (Å²) in [7, 11) is 0. The molecule has 1 unspecified atom stereocenters. The lowest BCUT2D eigenvalue weighted by Crippen LogP contribution is -2.48. The van der Waals surface area contributed by atoms with Gasteiger partial charge in [-0.2, -0.15) is 0 Å². The molecule has 2 heterocycles. The van der Waals surface area contributed by atoms with Crippen LogP contribution in [0.5, 0.6) is 0 Å². The van der Waals surface area contributed by atoms with Crippen molar-refractivity contribution in [1.29, 1.82) is 0 Å². The molecule has 0 spiro atoms. The van der Waals surface area contributed by atoms with Gasteiger partial charge in [0.1, 0.15) is 5.69 Å². The van der Waals surface area contributed by atoms with Gasteiger partial charge in [0.25, 0.3) is 12.4 Å². The molecule has 3 aromatic rings. The Kier molecular flexibility index (Phi) is 12.1. The van der Waals surface area contributed by atoms with Gasteiger partial charge in [0.2, 0.25) is 0 Å². The molecule has 0 fully saturated rings. The van der Waals surface area contributed by atoms with Crippen molar-refractivity contribution in [3.63, 3.8) is 0 Å². The first-order valence-corrected chi connectivity index (χ1v) is 13.4. The molecule has 0 bridgehead atoms. The van der Waals surface area contributed by atoms with Crippen molar-refractivity contribution in [2.45, 2.75) is 66.1 Å². The summed E-state index contributed by atoms with van der Waals surface area (Å²) >= 11 is 3.41. The van der Waals surface area contributed by atoms with E-state index < -0.39 is 0 Å². The summed E-state index contributed by atoms with van der Waals surface area (Å²) in [6.45, 7) is 15.4. The van der Waals surface area contributed by atoms with Crippen LogP contribution in [0, 0.1) is 6.92 Å². The van der Waals surface area contributed by atoms with Gasteiger partial charge in [0, 0.05) is 52.9 Å². The number of hydrogen-bond acceptors (Lipinski definition) is 6. The molecule has 0 saturated carbocycles. The van der Waals surface area contributed by atoms with Crippen molar-refractivity contribution in [2.24, 2.45) is 0 Å². The van der Waals surface area contributed by atoms with Crippen molar-refractivity contribution in [3.8, 4) is 5.69 Å². The van der Waals surface area contributed by atoms with Gasteiger partial charge in [-0.05, 0) is 76.6 Å². The minimum atomic E-state index is -0.250. The van der Waals surface area contributed by atoms with Crippen molar-refractivity contribution in [2.75, 3.05) is 18.4 Å². The number of hydrogen-bond donors (Lipinski definition) is 3. The van der Waals surface area contributed by atoms with Crippen LogP contribution in [0.25, 0.3) is 5.69 Å². The van der Waals surface area contributed by atoms with Crippen LogP contribution in [0.4, 0.5) is 5.69 Å². The first-order chi connectivity index (χ1) is 18.0. The second-order valence-corrected chi connectivity index (χ2v) is 11.0. The second kappa shape index (κ2) is 14.8. The number of nitrogens with one attached hydrogen (secondary N) is 2. The number of carboxylic acid groups (broad SMARTS) is 1. The van der Waals surface area contributed by atoms with Crippen LogP contribution in [0.3, 0.4) is 0 Å². The zero-order chi connectivity index (χ0) is 28.3. The van der Waals surface area contributed by atoms with Crippen molar-refractivity contribution in [1.82, 2.24) is 24.8 Å². The van der Waals surface area contributed by atoms with E-state index in [1.54, 1.807) is 24.7 Å². The fraction of sp³-hybridized carbons (Fsp3) is 0.429. The maximum Gasteiger partial charge on any atom is 0.290 e. The minimum absolute atomic E-state index is 0.0667. The monoisotopic (exact) mass is 586 g/mol. The van der Waals surface area contributed by atoms with Gasteiger partial charge in [0.05, 0.1) is 12.0 Å². The number of carbonyl (C=O) groups excluding carboxylic acids is 1. The third kappa shape index (κ3) is 10.4. The number of benzene rings is 1. The van der Waals surface area contributed by atoms with E-state index in [9.17, 15) is 4.79 Å². The molecule has 0 aliphatic heterocycles. The average Bonchev–Trinajstić information content (AvgIpc) is 3.29. The highest BCUT2D eigenvalue weighted by Gasteiger charge is 2.19. The Bertz CT molecular complexity index is 1190. The lowest BCUT2D eigenvalue weighted by Gasteiger charge is -2.32. The van der Waals surface area contributed by atoms with Crippen LogP contribution in [0.1, 0.15) is 62.8 Å². The highest BCUT2D eigenvalue weighted by Crippen LogP contribution is 2.22. The fourth-order valence-electron chi connectivity index (χ4n) is 4.04. The summed E-state index contributed by atoms with van der Waals surface area (Å²) in [5.74, 6) is -0.246. The Labute approximate surface area is 233 Å². The van der Waals surface area contributed by atoms with E-state index in [0.29, 0.717) is 11.7 Å². The Hall–Kier alpha value is -3.08. The highest BCUT2D eigenvalue weighted by atomic mass is 79.9.